The second kappa shape index (κ2) is 7.61. The lowest BCUT2D eigenvalue weighted by Gasteiger charge is -2.13. The molecule has 0 aromatic heterocycles. The van der Waals surface area contributed by atoms with Crippen LogP contribution in [0.5, 0.6) is 0 Å². The lowest BCUT2D eigenvalue weighted by molar-refractivity contribution is -0.384. The van der Waals surface area contributed by atoms with Gasteiger partial charge in [0.25, 0.3) is 5.69 Å². The van der Waals surface area contributed by atoms with Crippen LogP contribution in [-0.2, 0) is 6.54 Å². The SMILES string of the molecule is CCSCC(C)NCc1cc([N+](=O)[O-])ccc1Cl. The maximum Gasteiger partial charge on any atom is 0.269 e. The minimum Gasteiger partial charge on any atom is -0.309 e. The summed E-state index contributed by atoms with van der Waals surface area (Å²) in [4.78, 5) is 10.3. The van der Waals surface area contributed by atoms with E-state index in [1.807, 2.05) is 11.8 Å². The Morgan fingerprint density at radius 1 is 1.56 bits per heavy atom. The number of rotatable bonds is 7. The van der Waals surface area contributed by atoms with Gasteiger partial charge < -0.3 is 5.32 Å². The molecule has 6 heteroatoms. The first-order chi connectivity index (χ1) is 8.54. The zero-order chi connectivity index (χ0) is 13.5. The minimum atomic E-state index is -0.407. The van der Waals surface area contributed by atoms with Crippen LogP contribution in [0, 0.1) is 10.1 Å². The summed E-state index contributed by atoms with van der Waals surface area (Å²) in [5.74, 6) is 2.10. The van der Waals surface area contributed by atoms with Crippen molar-refractivity contribution in [1.82, 2.24) is 5.32 Å². The van der Waals surface area contributed by atoms with Gasteiger partial charge in [-0.3, -0.25) is 10.1 Å². The summed E-state index contributed by atoms with van der Waals surface area (Å²) < 4.78 is 0. The van der Waals surface area contributed by atoms with Gasteiger partial charge in [-0.05, 0) is 24.3 Å². The second-order valence-electron chi connectivity index (χ2n) is 3.97. The second-order valence-corrected chi connectivity index (χ2v) is 5.70. The van der Waals surface area contributed by atoms with Crippen LogP contribution in [0.3, 0.4) is 0 Å². The average molecular weight is 289 g/mol. The van der Waals surface area contributed by atoms with Crippen molar-refractivity contribution in [2.45, 2.75) is 26.4 Å². The first kappa shape index (κ1) is 15.3. The number of nitrogens with one attached hydrogen (secondary N) is 1. The number of nitrogens with zero attached hydrogens (tertiary/aromatic N) is 1. The highest BCUT2D eigenvalue weighted by Crippen LogP contribution is 2.22. The third-order valence-electron chi connectivity index (χ3n) is 2.45. The molecular formula is C12H17ClN2O2S. The maximum absolute atomic E-state index is 10.7. The van der Waals surface area contributed by atoms with E-state index < -0.39 is 4.92 Å². The molecule has 0 saturated heterocycles. The maximum atomic E-state index is 10.7. The summed E-state index contributed by atoms with van der Waals surface area (Å²) in [6.45, 7) is 4.76. The molecule has 0 spiro atoms. The van der Waals surface area contributed by atoms with E-state index in [2.05, 4.69) is 19.2 Å². The van der Waals surface area contributed by atoms with Crippen LogP contribution >= 0.6 is 23.4 Å². The summed E-state index contributed by atoms with van der Waals surface area (Å²) in [6, 6.07) is 4.87. The first-order valence-corrected chi connectivity index (χ1v) is 7.31. The van der Waals surface area contributed by atoms with Crippen molar-refractivity contribution < 1.29 is 4.92 Å². The highest BCUT2D eigenvalue weighted by atomic mass is 35.5. The summed E-state index contributed by atoms with van der Waals surface area (Å²) in [6.07, 6.45) is 0. The van der Waals surface area contributed by atoms with Crippen molar-refractivity contribution in [3.8, 4) is 0 Å². The predicted molar refractivity (Wildman–Crippen MR) is 77.4 cm³/mol. The van der Waals surface area contributed by atoms with E-state index in [9.17, 15) is 10.1 Å². The molecular weight excluding hydrogens is 272 g/mol. The van der Waals surface area contributed by atoms with Crippen LogP contribution in [0.2, 0.25) is 5.02 Å². The Labute approximate surface area is 116 Å². The van der Waals surface area contributed by atoms with Gasteiger partial charge in [0.05, 0.1) is 4.92 Å². The van der Waals surface area contributed by atoms with Crippen LogP contribution in [0.1, 0.15) is 19.4 Å². The van der Waals surface area contributed by atoms with Gasteiger partial charge in [0.1, 0.15) is 0 Å². The lowest BCUT2D eigenvalue weighted by atomic mass is 10.2. The third kappa shape index (κ3) is 4.84. The van der Waals surface area contributed by atoms with Crippen molar-refractivity contribution in [2.75, 3.05) is 11.5 Å². The number of halogens is 1. The molecule has 0 heterocycles. The number of non-ortho nitro benzene ring substituents is 1. The van der Waals surface area contributed by atoms with Crippen molar-refractivity contribution in [2.24, 2.45) is 0 Å². The molecule has 4 nitrogen and oxygen atoms in total. The number of thioether (sulfide) groups is 1. The van der Waals surface area contributed by atoms with Crippen LogP contribution in [0.4, 0.5) is 5.69 Å². The lowest BCUT2D eigenvalue weighted by Crippen LogP contribution is -2.27. The normalized spacial score (nSPS) is 12.4. The van der Waals surface area contributed by atoms with Crippen molar-refractivity contribution in [1.29, 1.82) is 0 Å². The Hall–Kier alpha value is -0.780. The Morgan fingerprint density at radius 3 is 2.89 bits per heavy atom. The highest BCUT2D eigenvalue weighted by molar-refractivity contribution is 7.99. The number of hydrogen-bond donors (Lipinski definition) is 1. The van der Waals surface area contributed by atoms with Crippen LogP contribution in [-0.4, -0.2) is 22.5 Å². The number of benzene rings is 1. The molecule has 1 rings (SSSR count). The molecule has 1 atom stereocenters. The zero-order valence-electron chi connectivity index (χ0n) is 10.5. The average Bonchev–Trinajstić information content (AvgIpc) is 2.35. The molecule has 1 aromatic carbocycles. The zero-order valence-corrected chi connectivity index (χ0v) is 12.1. The van der Waals surface area contributed by atoms with E-state index in [1.54, 1.807) is 6.07 Å². The highest BCUT2D eigenvalue weighted by Gasteiger charge is 2.10. The standard InChI is InChI=1S/C12H17ClN2O2S/c1-3-18-8-9(2)14-7-10-6-11(15(16)17)4-5-12(10)13/h4-6,9,14H,3,7-8H2,1-2H3. The van der Waals surface area contributed by atoms with Gasteiger partial charge in [0, 0.05) is 35.5 Å². The predicted octanol–water partition coefficient (Wildman–Crippen LogP) is 3.48. The number of nitro groups is 1. The van der Waals surface area contributed by atoms with Crippen molar-refractivity contribution >= 4 is 29.1 Å². The van der Waals surface area contributed by atoms with Crippen LogP contribution in [0.25, 0.3) is 0 Å². The number of nitro benzene ring substituents is 1. The summed E-state index contributed by atoms with van der Waals surface area (Å²) in [5.41, 5.74) is 0.839. The Bertz CT molecular complexity index is 415. The summed E-state index contributed by atoms with van der Waals surface area (Å²) in [5, 5.41) is 14.6. The summed E-state index contributed by atoms with van der Waals surface area (Å²) in [7, 11) is 0. The molecule has 0 amide bonds. The molecule has 100 valence electrons. The molecule has 1 unspecified atom stereocenters. The number of hydrogen-bond acceptors (Lipinski definition) is 4. The summed E-state index contributed by atoms with van der Waals surface area (Å²) >= 11 is 7.88. The van der Waals surface area contributed by atoms with Crippen molar-refractivity contribution in [3.05, 3.63) is 38.9 Å². The van der Waals surface area contributed by atoms with E-state index >= 15 is 0 Å². The van der Waals surface area contributed by atoms with Gasteiger partial charge in [0.2, 0.25) is 0 Å². The first-order valence-electron chi connectivity index (χ1n) is 5.78. The van der Waals surface area contributed by atoms with Gasteiger partial charge >= 0.3 is 0 Å². The fraction of sp³-hybridized carbons (Fsp3) is 0.500. The van der Waals surface area contributed by atoms with Crippen LogP contribution < -0.4 is 5.32 Å². The van der Waals surface area contributed by atoms with E-state index in [1.165, 1.54) is 12.1 Å². The van der Waals surface area contributed by atoms with E-state index in [-0.39, 0.29) is 5.69 Å². The molecule has 1 N–H and O–H groups in total. The molecule has 1 aromatic rings. The Kier molecular flexibility index (Phi) is 6.46. The smallest absolute Gasteiger partial charge is 0.269 e. The van der Waals surface area contributed by atoms with Gasteiger partial charge in [-0.15, -0.1) is 0 Å². The van der Waals surface area contributed by atoms with Gasteiger partial charge in [-0.2, -0.15) is 11.8 Å². The monoisotopic (exact) mass is 288 g/mol. The van der Waals surface area contributed by atoms with Gasteiger partial charge in [-0.25, -0.2) is 0 Å². The van der Waals surface area contributed by atoms with Gasteiger partial charge in [-0.1, -0.05) is 18.5 Å². The fourth-order valence-corrected chi connectivity index (χ4v) is 2.34. The van der Waals surface area contributed by atoms with E-state index in [0.29, 0.717) is 17.6 Å². The van der Waals surface area contributed by atoms with Gasteiger partial charge in [0.15, 0.2) is 0 Å². The quantitative estimate of drug-likeness (QED) is 0.616. The molecule has 0 saturated carbocycles. The molecule has 0 aliphatic rings. The van der Waals surface area contributed by atoms with Crippen molar-refractivity contribution in [3.63, 3.8) is 0 Å². The Morgan fingerprint density at radius 2 is 2.28 bits per heavy atom. The minimum absolute atomic E-state index is 0.0757. The molecule has 0 aliphatic carbocycles. The van der Waals surface area contributed by atoms with E-state index in [4.69, 9.17) is 11.6 Å². The molecule has 0 aliphatic heterocycles. The Balaban J connectivity index is 2.60. The van der Waals surface area contributed by atoms with E-state index in [0.717, 1.165) is 17.1 Å². The fourth-order valence-electron chi connectivity index (χ4n) is 1.45. The molecule has 0 bridgehead atoms. The third-order valence-corrected chi connectivity index (χ3v) is 3.97. The molecule has 0 fully saturated rings. The largest absolute Gasteiger partial charge is 0.309 e. The topological polar surface area (TPSA) is 55.2 Å². The molecule has 0 radical (unpaired) electrons. The molecule has 18 heavy (non-hydrogen) atoms. The van der Waals surface area contributed by atoms with Crippen LogP contribution in [0.15, 0.2) is 18.2 Å².